The summed E-state index contributed by atoms with van der Waals surface area (Å²) < 4.78 is 70.7. The van der Waals surface area contributed by atoms with E-state index in [0.717, 1.165) is 11.8 Å². The summed E-state index contributed by atoms with van der Waals surface area (Å²) in [4.78, 5) is 27.4. The number of anilines is 1. The molecule has 1 amide bonds. The van der Waals surface area contributed by atoms with Crippen molar-refractivity contribution in [2.75, 3.05) is 18.2 Å². The maximum Gasteiger partial charge on any atom is 0.341 e. The van der Waals surface area contributed by atoms with Gasteiger partial charge in [0.05, 0.1) is 5.56 Å². The number of ether oxygens (including phenoxy) is 1. The Hall–Kier alpha value is -2.69. The molecule has 0 atom stereocenters. The zero-order valence-electron chi connectivity index (χ0n) is 12.9. The molecule has 0 spiro atoms. The topological polar surface area (TPSA) is 68.3 Å². The first-order valence-electron chi connectivity index (χ1n) is 6.75. The molecular formula is C15H9F5N2O3S. The second kappa shape index (κ2) is 8.13. The predicted molar refractivity (Wildman–Crippen MR) is 81.2 cm³/mol. The average Bonchev–Trinajstić information content (AvgIpc) is 2.66. The van der Waals surface area contributed by atoms with Crippen LogP contribution in [0.1, 0.15) is 10.4 Å². The first-order valence-corrected chi connectivity index (χ1v) is 7.97. The Bertz CT molecular complexity index is 850. The van der Waals surface area contributed by atoms with E-state index in [4.69, 9.17) is 0 Å². The van der Waals surface area contributed by atoms with Crippen LogP contribution in [0.2, 0.25) is 0 Å². The fraction of sp³-hybridized carbons (Fsp3) is 0.133. The molecule has 0 radical (unpaired) electrons. The number of carbonyl (C=O) groups excluding carboxylic acids is 2. The van der Waals surface area contributed by atoms with Crippen molar-refractivity contribution in [3.05, 3.63) is 53.0 Å². The van der Waals surface area contributed by atoms with E-state index in [1.807, 2.05) is 0 Å². The third-order valence-electron chi connectivity index (χ3n) is 2.99. The van der Waals surface area contributed by atoms with Crippen LogP contribution < -0.4 is 5.32 Å². The van der Waals surface area contributed by atoms with E-state index in [1.54, 1.807) is 6.26 Å². The molecule has 1 N–H and O–H groups in total. The Morgan fingerprint density at radius 3 is 2.23 bits per heavy atom. The molecule has 0 saturated heterocycles. The van der Waals surface area contributed by atoms with E-state index >= 15 is 0 Å². The third-order valence-corrected chi connectivity index (χ3v) is 3.71. The van der Waals surface area contributed by atoms with Gasteiger partial charge in [-0.25, -0.2) is 31.7 Å². The highest BCUT2D eigenvalue weighted by molar-refractivity contribution is 7.98. The van der Waals surface area contributed by atoms with Crippen LogP contribution in [0.5, 0.6) is 0 Å². The van der Waals surface area contributed by atoms with Gasteiger partial charge in [0.25, 0.3) is 5.91 Å². The fourth-order valence-electron chi connectivity index (χ4n) is 1.81. The summed E-state index contributed by atoms with van der Waals surface area (Å²) in [5.41, 5.74) is -1.49. The monoisotopic (exact) mass is 392 g/mol. The minimum Gasteiger partial charge on any atom is -0.452 e. The van der Waals surface area contributed by atoms with Crippen LogP contribution in [0.15, 0.2) is 23.4 Å². The molecule has 5 nitrogen and oxygen atoms in total. The van der Waals surface area contributed by atoms with Crippen LogP contribution in [0.3, 0.4) is 0 Å². The SMILES string of the molecule is CSc1ncccc1C(=O)OCC(=O)Nc1c(F)c(F)c(F)c(F)c1F. The van der Waals surface area contributed by atoms with E-state index in [9.17, 15) is 31.5 Å². The van der Waals surface area contributed by atoms with Crippen LogP contribution in [-0.2, 0) is 9.53 Å². The summed E-state index contributed by atoms with van der Waals surface area (Å²) in [5, 5.41) is 1.81. The van der Waals surface area contributed by atoms with Crippen molar-refractivity contribution < 1.29 is 36.3 Å². The molecule has 11 heteroatoms. The Balaban J connectivity index is 2.10. The van der Waals surface area contributed by atoms with Crippen molar-refractivity contribution in [3.63, 3.8) is 0 Å². The van der Waals surface area contributed by atoms with Gasteiger partial charge in [-0.3, -0.25) is 4.79 Å². The molecule has 2 aromatic rings. The van der Waals surface area contributed by atoms with Crippen LogP contribution in [-0.4, -0.2) is 29.7 Å². The van der Waals surface area contributed by atoms with E-state index in [2.05, 4.69) is 9.72 Å². The largest absolute Gasteiger partial charge is 0.452 e. The highest BCUT2D eigenvalue weighted by atomic mass is 32.2. The van der Waals surface area contributed by atoms with E-state index in [-0.39, 0.29) is 5.56 Å². The van der Waals surface area contributed by atoms with Crippen molar-refractivity contribution in [2.45, 2.75) is 5.03 Å². The number of thioether (sulfide) groups is 1. The number of aromatic nitrogens is 1. The quantitative estimate of drug-likeness (QED) is 0.278. The maximum atomic E-state index is 13.5. The number of amides is 1. The van der Waals surface area contributed by atoms with Crippen molar-refractivity contribution >= 4 is 29.3 Å². The summed E-state index contributed by atoms with van der Waals surface area (Å²) in [6.07, 6.45) is 3.08. The molecule has 0 bridgehead atoms. The van der Waals surface area contributed by atoms with Crippen molar-refractivity contribution in [3.8, 4) is 0 Å². The highest BCUT2D eigenvalue weighted by Crippen LogP contribution is 2.27. The molecule has 0 saturated carbocycles. The fourth-order valence-corrected chi connectivity index (χ4v) is 2.35. The molecule has 1 heterocycles. The van der Waals surface area contributed by atoms with Gasteiger partial charge < -0.3 is 10.1 Å². The number of benzene rings is 1. The molecule has 1 aromatic heterocycles. The smallest absolute Gasteiger partial charge is 0.341 e. The normalized spacial score (nSPS) is 10.5. The molecule has 1 aromatic carbocycles. The molecule has 26 heavy (non-hydrogen) atoms. The first-order chi connectivity index (χ1) is 12.3. The van der Waals surface area contributed by atoms with Crippen LogP contribution in [0.4, 0.5) is 27.6 Å². The number of pyridine rings is 1. The Labute approximate surface area is 147 Å². The number of esters is 1. The van der Waals surface area contributed by atoms with Gasteiger partial charge >= 0.3 is 5.97 Å². The summed E-state index contributed by atoms with van der Waals surface area (Å²) in [6, 6.07) is 2.83. The van der Waals surface area contributed by atoms with E-state index in [0.29, 0.717) is 5.03 Å². The van der Waals surface area contributed by atoms with E-state index in [1.165, 1.54) is 23.6 Å². The van der Waals surface area contributed by atoms with Gasteiger partial charge in [-0.15, -0.1) is 11.8 Å². The molecular weight excluding hydrogens is 383 g/mol. The molecule has 0 fully saturated rings. The second-order valence-electron chi connectivity index (χ2n) is 4.63. The first kappa shape index (κ1) is 19.6. The van der Waals surface area contributed by atoms with Gasteiger partial charge in [0, 0.05) is 6.20 Å². The second-order valence-corrected chi connectivity index (χ2v) is 5.42. The molecule has 138 valence electrons. The van der Waals surface area contributed by atoms with Crippen LogP contribution in [0, 0.1) is 29.1 Å². The number of nitrogens with zero attached hydrogens (tertiary/aromatic N) is 1. The van der Waals surface area contributed by atoms with Crippen molar-refractivity contribution in [1.82, 2.24) is 4.98 Å². The minimum absolute atomic E-state index is 0.0454. The summed E-state index contributed by atoms with van der Waals surface area (Å²) in [6.45, 7) is -1.01. The number of rotatable bonds is 5. The number of hydrogen-bond acceptors (Lipinski definition) is 5. The highest BCUT2D eigenvalue weighted by Gasteiger charge is 2.27. The lowest BCUT2D eigenvalue weighted by Crippen LogP contribution is -2.23. The lowest BCUT2D eigenvalue weighted by atomic mass is 10.2. The van der Waals surface area contributed by atoms with Gasteiger partial charge in [-0.2, -0.15) is 0 Å². The molecule has 0 aliphatic carbocycles. The van der Waals surface area contributed by atoms with Gasteiger partial charge in [-0.05, 0) is 18.4 Å². The molecule has 0 unspecified atom stereocenters. The Morgan fingerprint density at radius 2 is 1.65 bits per heavy atom. The predicted octanol–water partition coefficient (Wildman–Crippen LogP) is 3.29. The van der Waals surface area contributed by atoms with Gasteiger partial charge in [0.1, 0.15) is 10.7 Å². The zero-order valence-corrected chi connectivity index (χ0v) is 13.7. The number of carbonyl (C=O) groups is 2. The van der Waals surface area contributed by atoms with Crippen LogP contribution in [0.25, 0.3) is 0 Å². The Morgan fingerprint density at radius 1 is 1.08 bits per heavy atom. The minimum atomic E-state index is -2.36. The van der Waals surface area contributed by atoms with Crippen LogP contribution >= 0.6 is 11.8 Å². The Kier molecular flexibility index (Phi) is 6.14. The molecule has 2 rings (SSSR count). The van der Waals surface area contributed by atoms with Gasteiger partial charge in [-0.1, -0.05) is 0 Å². The summed E-state index contributed by atoms with van der Waals surface area (Å²) in [7, 11) is 0. The number of nitrogens with one attached hydrogen (secondary N) is 1. The lowest BCUT2D eigenvalue weighted by molar-refractivity contribution is -0.119. The third kappa shape index (κ3) is 3.93. The summed E-state index contributed by atoms with van der Waals surface area (Å²) in [5.74, 6) is -13.4. The number of hydrogen-bond donors (Lipinski definition) is 1. The zero-order chi connectivity index (χ0) is 19.4. The lowest BCUT2D eigenvalue weighted by Gasteiger charge is -2.10. The van der Waals surface area contributed by atoms with Crippen molar-refractivity contribution in [1.29, 1.82) is 0 Å². The number of halogens is 5. The average molecular weight is 392 g/mol. The van der Waals surface area contributed by atoms with E-state index < -0.39 is 53.3 Å². The standard InChI is InChI=1S/C15H9F5N2O3S/c1-26-14-6(3-2-4-21-14)15(24)25-5-7(23)22-13-11(19)9(17)8(16)10(18)12(13)20/h2-4H,5H2,1H3,(H,22,23). The van der Waals surface area contributed by atoms with Gasteiger partial charge in [0.2, 0.25) is 5.82 Å². The van der Waals surface area contributed by atoms with Gasteiger partial charge in [0.15, 0.2) is 29.9 Å². The maximum absolute atomic E-state index is 13.5. The molecule has 0 aliphatic rings. The summed E-state index contributed by atoms with van der Waals surface area (Å²) >= 11 is 1.14. The van der Waals surface area contributed by atoms with Crippen molar-refractivity contribution in [2.24, 2.45) is 0 Å². The molecule has 0 aliphatic heterocycles.